The van der Waals surface area contributed by atoms with E-state index in [9.17, 15) is 0 Å². The van der Waals surface area contributed by atoms with Crippen LogP contribution in [0.15, 0.2) is 39.7 Å². The molecule has 0 fully saturated rings. The zero-order valence-corrected chi connectivity index (χ0v) is 20.8. The molecule has 1 heterocycles. The Morgan fingerprint density at radius 2 is 1.50 bits per heavy atom. The number of aryl methyl sites for hydroxylation is 3. The summed E-state index contributed by atoms with van der Waals surface area (Å²) in [5, 5.41) is 6.92. The third-order valence-electron chi connectivity index (χ3n) is 5.05. The molecular formula is C25H31N3O3S. The van der Waals surface area contributed by atoms with Crippen LogP contribution >= 0.6 is 11.3 Å². The summed E-state index contributed by atoms with van der Waals surface area (Å²) in [4.78, 5) is 5.60. The van der Waals surface area contributed by atoms with Crippen molar-refractivity contribution in [1.29, 1.82) is 0 Å². The molecule has 0 amide bonds. The Bertz CT molecular complexity index is 1160. The van der Waals surface area contributed by atoms with E-state index in [-0.39, 0.29) is 6.04 Å². The monoisotopic (exact) mass is 453 g/mol. The van der Waals surface area contributed by atoms with Crippen molar-refractivity contribution in [2.75, 3.05) is 21.3 Å². The van der Waals surface area contributed by atoms with Gasteiger partial charge in [-0.1, -0.05) is 17.7 Å². The van der Waals surface area contributed by atoms with Crippen LogP contribution in [0.2, 0.25) is 0 Å². The summed E-state index contributed by atoms with van der Waals surface area (Å²) in [6.07, 6.45) is 1.91. The van der Waals surface area contributed by atoms with E-state index >= 15 is 0 Å². The highest BCUT2D eigenvalue weighted by atomic mass is 32.1. The Morgan fingerprint density at radius 3 is 2.00 bits per heavy atom. The highest BCUT2D eigenvalue weighted by Crippen LogP contribution is 2.41. The molecule has 2 aromatic carbocycles. The molecule has 0 atom stereocenters. The second-order valence-corrected chi connectivity index (χ2v) is 8.75. The summed E-state index contributed by atoms with van der Waals surface area (Å²) in [6, 6.07) is 8.34. The van der Waals surface area contributed by atoms with E-state index in [1.54, 1.807) is 32.7 Å². The number of hydrogen-bond acceptors (Lipinski definition) is 6. The van der Waals surface area contributed by atoms with Crippen molar-refractivity contribution in [3.05, 3.63) is 56.7 Å². The van der Waals surface area contributed by atoms with Gasteiger partial charge < -0.3 is 14.2 Å². The molecule has 3 aromatic rings. The van der Waals surface area contributed by atoms with Crippen LogP contribution in [0, 0.1) is 20.8 Å². The summed E-state index contributed by atoms with van der Waals surface area (Å²) < 4.78 is 18.5. The Balaban J connectivity index is 2.22. The molecule has 0 aliphatic carbocycles. The smallest absolute Gasteiger partial charge is 0.206 e. The minimum absolute atomic E-state index is 0.144. The first-order valence-electron chi connectivity index (χ1n) is 10.5. The summed E-state index contributed by atoms with van der Waals surface area (Å²) >= 11 is 1.55. The molecule has 0 N–H and O–H groups in total. The molecule has 7 heteroatoms. The van der Waals surface area contributed by atoms with Crippen LogP contribution in [0.25, 0.3) is 11.3 Å². The summed E-state index contributed by atoms with van der Waals surface area (Å²) in [5.41, 5.74) is 6.54. The predicted octanol–water partition coefficient (Wildman–Crippen LogP) is 5.36. The van der Waals surface area contributed by atoms with E-state index in [1.165, 1.54) is 16.7 Å². The molecule has 0 spiro atoms. The van der Waals surface area contributed by atoms with Crippen LogP contribution in [-0.2, 0) is 0 Å². The lowest BCUT2D eigenvalue weighted by atomic mass is 10.0. The number of nitrogens with zero attached hydrogens (tertiary/aromatic N) is 3. The minimum Gasteiger partial charge on any atom is -0.493 e. The molecule has 170 valence electrons. The van der Waals surface area contributed by atoms with Crippen LogP contribution in [0.5, 0.6) is 17.2 Å². The third kappa shape index (κ3) is 4.88. The molecule has 0 aliphatic heterocycles. The van der Waals surface area contributed by atoms with Crippen molar-refractivity contribution >= 4 is 17.6 Å². The molecule has 1 aromatic heterocycles. The van der Waals surface area contributed by atoms with Crippen molar-refractivity contribution in [2.24, 2.45) is 10.1 Å². The van der Waals surface area contributed by atoms with Crippen LogP contribution in [0.1, 0.15) is 36.1 Å². The average Bonchev–Trinajstić information content (AvgIpc) is 3.13. The van der Waals surface area contributed by atoms with Gasteiger partial charge in [0.2, 0.25) is 10.6 Å². The number of rotatable bonds is 7. The molecule has 0 unspecified atom stereocenters. The van der Waals surface area contributed by atoms with Gasteiger partial charge in [0.1, 0.15) is 0 Å². The summed E-state index contributed by atoms with van der Waals surface area (Å²) in [7, 11) is 4.83. The lowest BCUT2D eigenvalue weighted by molar-refractivity contribution is 0.324. The maximum Gasteiger partial charge on any atom is 0.206 e. The fourth-order valence-corrected chi connectivity index (χ4v) is 4.63. The molecule has 0 bridgehead atoms. The molecular weight excluding hydrogens is 422 g/mol. The van der Waals surface area contributed by atoms with E-state index in [2.05, 4.69) is 46.8 Å². The van der Waals surface area contributed by atoms with Gasteiger partial charge in [-0.15, -0.1) is 11.3 Å². The van der Waals surface area contributed by atoms with Crippen molar-refractivity contribution < 1.29 is 14.2 Å². The van der Waals surface area contributed by atoms with Crippen molar-refractivity contribution in [3.8, 4) is 28.5 Å². The quantitative estimate of drug-likeness (QED) is 0.453. The first-order chi connectivity index (χ1) is 15.3. The van der Waals surface area contributed by atoms with E-state index in [0.29, 0.717) is 17.2 Å². The van der Waals surface area contributed by atoms with Crippen molar-refractivity contribution in [2.45, 2.75) is 40.7 Å². The molecule has 0 saturated carbocycles. The fourth-order valence-electron chi connectivity index (χ4n) is 3.66. The summed E-state index contributed by atoms with van der Waals surface area (Å²) in [6.45, 7) is 10.4. The predicted molar refractivity (Wildman–Crippen MR) is 132 cm³/mol. The molecule has 0 aliphatic rings. The SMILES string of the molecule is COc1cc(-c2csc(=NC(C)C)n2N=Cc2c(C)cc(C)cc2C)cc(OC)c1OC. The van der Waals surface area contributed by atoms with Gasteiger partial charge in [-0.3, -0.25) is 4.99 Å². The number of aromatic nitrogens is 1. The number of methoxy groups -OCH3 is 3. The molecule has 32 heavy (non-hydrogen) atoms. The van der Waals surface area contributed by atoms with Gasteiger partial charge in [0, 0.05) is 22.5 Å². The molecule has 0 saturated heterocycles. The zero-order valence-electron chi connectivity index (χ0n) is 20.0. The van der Waals surface area contributed by atoms with Crippen molar-refractivity contribution in [3.63, 3.8) is 0 Å². The minimum atomic E-state index is 0.144. The highest BCUT2D eigenvalue weighted by molar-refractivity contribution is 7.07. The second-order valence-electron chi connectivity index (χ2n) is 7.91. The van der Waals surface area contributed by atoms with E-state index in [1.807, 2.05) is 28.4 Å². The zero-order chi connectivity index (χ0) is 23.4. The van der Waals surface area contributed by atoms with Gasteiger partial charge in [0.25, 0.3) is 0 Å². The highest BCUT2D eigenvalue weighted by Gasteiger charge is 2.17. The Kier molecular flexibility index (Phi) is 7.40. The Labute approximate surface area is 193 Å². The lowest BCUT2D eigenvalue weighted by Gasteiger charge is -2.14. The average molecular weight is 454 g/mol. The van der Waals surface area contributed by atoms with E-state index < -0.39 is 0 Å². The third-order valence-corrected chi connectivity index (χ3v) is 5.89. The molecule has 3 rings (SSSR count). The Morgan fingerprint density at radius 1 is 0.906 bits per heavy atom. The van der Waals surface area contributed by atoms with Gasteiger partial charge in [-0.25, -0.2) is 4.68 Å². The van der Waals surface area contributed by atoms with Gasteiger partial charge >= 0.3 is 0 Å². The van der Waals surface area contributed by atoms with Crippen LogP contribution < -0.4 is 19.0 Å². The Hall–Kier alpha value is -3.06. The number of ether oxygens (including phenoxy) is 3. The lowest BCUT2D eigenvalue weighted by Crippen LogP contribution is -2.14. The van der Waals surface area contributed by atoms with Crippen LogP contribution in [-0.4, -0.2) is 38.3 Å². The van der Waals surface area contributed by atoms with E-state index in [4.69, 9.17) is 24.3 Å². The van der Waals surface area contributed by atoms with Gasteiger partial charge in [0.15, 0.2) is 11.5 Å². The number of benzene rings is 2. The maximum atomic E-state index is 5.55. The number of hydrogen-bond donors (Lipinski definition) is 0. The van der Waals surface area contributed by atoms with E-state index in [0.717, 1.165) is 21.6 Å². The second kappa shape index (κ2) is 10.0. The maximum absolute atomic E-state index is 5.55. The molecule has 6 nitrogen and oxygen atoms in total. The van der Waals surface area contributed by atoms with Crippen molar-refractivity contribution in [1.82, 2.24) is 4.68 Å². The number of thiazole rings is 1. The van der Waals surface area contributed by atoms with Crippen LogP contribution in [0.3, 0.4) is 0 Å². The normalized spacial score (nSPS) is 12.1. The van der Waals surface area contributed by atoms with Gasteiger partial charge in [0.05, 0.1) is 33.2 Å². The first-order valence-corrected chi connectivity index (χ1v) is 11.3. The van der Waals surface area contributed by atoms with Gasteiger partial charge in [-0.05, 0) is 57.9 Å². The topological polar surface area (TPSA) is 57.3 Å². The largest absolute Gasteiger partial charge is 0.493 e. The van der Waals surface area contributed by atoms with Gasteiger partial charge in [-0.2, -0.15) is 5.10 Å². The van der Waals surface area contributed by atoms with Crippen LogP contribution in [0.4, 0.5) is 0 Å². The summed E-state index contributed by atoms with van der Waals surface area (Å²) in [5.74, 6) is 1.74. The standard InChI is InChI=1S/C25H31N3O3S/c1-15(2)27-25-28(26-13-20-17(4)9-16(3)10-18(20)5)21(14-32-25)19-11-22(29-6)24(31-8)23(12-19)30-7/h9-15H,1-8H3. The first kappa shape index (κ1) is 23.6. The molecule has 0 radical (unpaired) electrons. The fraction of sp³-hybridized carbons (Fsp3) is 0.360.